The molecule has 0 aliphatic heterocycles. The summed E-state index contributed by atoms with van der Waals surface area (Å²) in [5.41, 5.74) is 1.75. The number of thioether (sulfide) groups is 1. The number of ether oxygens (including phenoxy) is 1. The third kappa shape index (κ3) is 5.24. The van der Waals surface area contributed by atoms with Gasteiger partial charge in [0, 0.05) is 21.8 Å². The van der Waals surface area contributed by atoms with Gasteiger partial charge < -0.3 is 15.0 Å². The molecule has 0 aliphatic carbocycles. The lowest BCUT2D eigenvalue weighted by Crippen LogP contribution is -2.23. The molecule has 6 nitrogen and oxygen atoms in total. The summed E-state index contributed by atoms with van der Waals surface area (Å²) in [5, 5.41) is 2.79. The van der Waals surface area contributed by atoms with E-state index in [1.54, 1.807) is 26.2 Å². The van der Waals surface area contributed by atoms with Crippen LogP contribution < -0.4 is 15.6 Å². The van der Waals surface area contributed by atoms with E-state index in [0.717, 1.165) is 15.8 Å². The van der Waals surface area contributed by atoms with Crippen molar-refractivity contribution in [1.82, 2.24) is 9.97 Å². The Morgan fingerprint density at radius 3 is 2.64 bits per heavy atom. The van der Waals surface area contributed by atoms with Crippen LogP contribution in [0.5, 0.6) is 5.75 Å². The summed E-state index contributed by atoms with van der Waals surface area (Å²) in [6, 6.07) is 16.1. The fourth-order valence-corrected chi connectivity index (χ4v) is 3.64. The predicted molar refractivity (Wildman–Crippen MR) is 115 cm³/mol. The van der Waals surface area contributed by atoms with Crippen molar-refractivity contribution >= 4 is 39.3 Å². The highest BCUT2D eigenvalue weighted by atomic mass is 79.9. The van der Waals surface area contributed by atoms with E-state index in [4.69, 9.17) is 4.74 Å². The van der Waals surface area contributed by atoms with Crippen LogP contribution in [0.25, 0.3) is 11.3 Å². The number of rotatable bonds is 6. The zero-order valence-electron chi connectivity index (χ0n) is 15.2. The van der Waals surface area contributed by atoms with E-state index in [2.05, 4.69) is 31.2 Å². The molecule has 8 heteroatoms. The summed E-state index contributed by atoms with van der Waals surface area (Å²) in [5.74, 6) is 0.543. The number of aromatic nitrogens is 2. The quantitative estimate of drug-likeness (QED) is 0.423. The number of nitrogens with zero attached hydrogens (tertiary/aromatic N) is 1. The lowest BCUT2D eigenvalue weighted by molar-refractivity contribution is -0.115. The maximum absolute atomic E-state index is 12.5. The van der Waals surface area contributed by atoms with Crippen LogP contribution in [-0.4, -0.2) is 28.2 Å². The second kappa shape index (κ2) is 9.07. The van der Waals surface area contributed by atoms with Gasteiger partial charge in [0.25, 0.3) is 5.56 Å². The van der Waals surface area contributed by atoms with Crippen molar-refractivity contribution in [2.24, 2.45) is 0 Å². The molecule has 1 unspecified atom stereocenters. The molecule has 0 radical (unpaired) electrons. The Hall–Kier alpha value is -2.58. The number of anilines is 1. The van der Waals surface area contributed by atoms with Crippen LogP contribution in [0.1, 0.15) is 6.92 Å². The van der Waals surface area contributed by atoms with E-state index in [9.17, 15) is 9.59 Å². The summed E-state index contributed by atoms with van der Waals surface area (Å²) < 4.78 is 6.03. The van der Waals surface area contributed by atoms with Crippen LogP contribution in [0.4, 0.5) is 5.69 Å². The van der Waals surface area contributed by atoms with Gasteiger partial charge in [-0.1, -0.05) is 33.8 Å². The number of benzene rings is 2. The Labute approximate surface area is 174 Å². The molecule has 0 spiro atoms. The van der Waals surface area contributed by atoms with Crippen LogP contribution >= 0.6 is 27.7 Å². The monoisotopic (exact) mass is 459 g/mol. The van der Waals surface area contributed by atoms with Gasteiger partial charge >= 0.3 is 0 Å². The number of halogens is 1. The van der Waals surface area contributed by atoms with Crippen LogP contribution in [0.3, 0.4) is 0 Å². The summed E-state index contributed by atoms with van der Waals surface area (Å²) in [6.07, 6.45) is 0. The van der Waals surface area contributed by atoms with Crippen LogP contribution in [-0.2, 0) is 4.79 Å². The number of hydrogen-bond acceptors (Lipinski definition) is 5. The molecule has 2 N–H and O–H groups in total. The van der Waals surface area contributed by atoms with E-state index in [1.807, 2.05) is 36.4 Å². The van der Waals surface area contributed by atoms with Gasteiger partial charge in [-0.05, 0) is 49.4 Å². The van der Waals surface area contributed by atoms with E-state index in [1.165, 1.54) is 17.8 Å². The smallest absolute Gasteiger partial charge is 0.252 e. The van der Waals surface area contributed by atoms with Crippen molar-refractivity contribution in [1.29, 1.82) is 0 Å². The van der Waals surface area contributed by atoms with E-state index < -0.39 is 5.25 Å². The van der Waals surface area contributed by atoms with Crippen molar-refractivity contribution in [2.75, 3.05) is 12.4 Å². The highest BCUT2D eigenvalue weighted by molar-refractivity contribution is 9.10. The average molecular weight is 460 g/mol. The molecule has 0 fully saturated rings. The number of carbonyl (C=O) groups is 1. The zero-order valence-corrected chi connectivity index (χ0v) is 17.6. The fraction of sp³-hybridized carbons (Fsp3) is 0.150. The highest BCUT2D eigenvalue weighted by Gasteiger charge is 2.17. The van der Waals surface area contributed by atoms with Gasteiger partial charge in [0.15, 0.2) is 5.16 Å². The molecule has 1 amide bonds. The molecule has 3 rings (SSSR count). The van der Waals surface area contributed by atoms with Gasteiger partial charge in [0.2, 0.25) is 5.91 Å². The van der Waals surface area contributed by atoms with Gasteiger partial charge in [0.1, 0.15) is 5.75 Å². The maximum Gasteiger partial charge on any atom is 0.252 e. The number of methoxy groups -OCH3 is 1. The van der Waals surface area contributed by atoms with Gasteiger partial charge in [-0.3, -0.25) is 9.59 Å². The molecule has 0 bridgehead atoms. The third-order valence-corrected chi connectivity index (χ3v) is 5.33. The molecular weight excluding hydrogens is 442 g/mol. The standard InChI is InChI=1S/C20H18BrN3O3S/c1-12(19(26)22-15-5-3-4-14(21)10-15)28-20-23-17(11-18(25)24-20)13-6-8-16(27-2)9-7-13/h3-12H,1-2H3,(H,22,26)(H,23,24,25). The molecule has 28 heavy (non-hydrogen) atoms. The summed E-state index contributed by atoms with van der Waals surface area (Å²) >= 11 is 4.57. The number of hydrogen-bond donors (Lipinski definition) is 2. The Balaban J connectivity index is 1.75. The largest absolute Gasteiger partial charge is 0.497 e. The Morgan fingerprint density at radius 2 is 1.96 bits per heavy atom. The van der Waals surface area contributed by atoms with Crippen LogP contribution in [0.15, 0.2) is 69.0 Å². The number of aromatic amines is 1. The lowest BCUT2D eigenvalue weighted by atomic mass is 10.1. The molecule has 144 valence electrons. The van der Waals surface area contributed by atoms with Crippen LogP contribution in [0.2, 0.25) is 0 Å². The molecule has 2 aromatic carbocycles. The van der Waals surface area contributed by atoms with Crippen molar-refractivity contribution in [3.05, 3.63) is 69.4 Å². The molecule has 1 atom stereocenters. The van der Waals surface area contributed by atoms with Crippen molar-refractivity contribution < 1.29 is 9.53 Å². The average Bonchev–Trinajstić information content (AvgIpc) is 2.67. The predicted octanol–water partition coefficient (Wildman–Crippen LogP) is 4.33. The molecule has 0 aliphatic rings. The zero-order chi connectivity index (χ0) is 20.1. The fourth-order valence-electron chi connectivity index (χ4n) is 2.43. The van der Waals surface area contributed by atoms with Crippen molar-refractivity contribution in [3.8, 4) is 17.0 Å². The molecule has 1 heterocycles. The van der Waals surface area contributed by atoms with E-state index in [-0.39, 0.29) is 11.5 Å². The molecule has 0 saturated heterocycles. The second-order valence-electron chi connectivity index (χ2n) is 5.92. The van der Waals surface area contributed by atoms with E-state index in [0.29, 0.717) is 16.5 Å². The topological polar surface area (TPSA) is 84.1 Å². The van der Waals surface area contributed by atoms with Gasteiger partial charge in [-0.2, -0.15) is 0 Å². The second-order valence-corrected chi connectivity index (χ2v) is 8.17. The van der Waals surface area contributed by atoms with Gasteiger partial charge in [-0.15, -0.1) is 0 Å². The molecular formula is C20H18BrN3O3S. The van der Waals surface area contributed by atoms with Crippen LogP contribution in [0, 0.1) is 0 Å². The minimum atomic E-state index is -0.451. The highest BCUT2D eigenvalue weighted by Crippen LogP contribution is 2.24. The van der Waals surface area contributed by atoms with Crippen molar-refractivity contribution in [2.45, 2.75) is 17.3 Å². The number of H-pyrrole nitrogens is 1. The van der Waals surface area contributed by atoms with Gasteiger partial charge in [0.05, 0.1) is 18.1 Å². The first kappa shape index (κ1) is 20.2. The first-order chi connectivity index (χ1) is 13.4. The minimum absolute atomic E-state index is 0.180. The summed E-state index contributed by atoms with van der Waals surface area (Å²) in [4.78, 5) is 31.7. The minimum Gasteiger partial charge on any atom is -0.497 e. The summed E-state index contributed by atoms with van der Waals surface area (Å²) in [6.45, 7) is 1.76. The number of nitrogens with one attached hydrogen (secondary N) is 2. The lowest BCUT2D eigenvalue weighted by Gasteiger charge is -2.12. The molecule has 1 aromatic heterocycles. The summed E-state index contributed by atoms with van der Waals surface area (Å²) in [7, 11) is 1.59. The molecule has 0 saturated carbocycles. The van der Waals surface area contributed by atoms with Gasteiger partial charge in [-0.25, -0.2) is 4.98 Å². The Bertz CT molecular complexity index is 1040. The maximum atomic E-state index is 12.5. The van der Waals surface area contributed by atoms with E-state index >= 15 is 0 Å². The molecule has 3 aromatic rings. The number of carbonyl (C=O) groups excluding carboxylic acids is 1. The first-order valence-corrected chi connectivity index (χ1v) is 10.1. The first-order valence-electron chi connectivity index (χ1n) is 8.43. The number of amides is 1. The van der Waals surface area contributed by atoms with Crippen molar-refractivity contribution in [3.63, 3.8) is 0 Å². The Morgan fingerprint density at radius 1 is 1.21 bits per heavy atom. The Kier molecular flexibility index (Phi) is 6.53. The SMILES string of the molecule is COc1ccc(-c2cc(=O)[nH]c(SC(C)C(=O)Nc3cccc(Br)c3)n2)cc1. The normalized spacial score (nSPS) is 11.7. The third-order valence-electron chi connectivity index (χ3n) is 3.86.